The summed E-state index contributed by atoms with van der Waals surface area (Å²) in [4.78, 5) is 11.0. The van der Waals surface area contributed by atoms with E-state index >= 15 is 0 Å². The fraction of sp³-hybridized carbons (Fsp3) is 0.133. The highest BCUT2D eigenvalue weighted by Crippen LogP contribution is 2.32. The highest BCUT2D eigenvalue weighted by atomic mass is 32.2. The number of hydrogen-bond donors (Lipinski definition) is 2. The van der Waals surface area contributed by atoms with E-state index in [4.69, 9.17) is 0 Å². The third-order valence-corrected chi connectivity index (χ3v) is 4.00. The van der Waals surface area contributed by atoms with E-state index in [0.29, 0.717) is 5.39 Å². The van der Waals surface area contributed by atoms with E-state index in [1.807, 2.05) is 0 Å². The number of azo groups is 1. The summed E-state index contributed by atoms with van der Waals surface area (Å²) in [6, 6.07) is 9.53. The molecule has 0 aliphatic heterocycles. The predicted octanol–water partition coefficient (Wildman–Crippen LogP) is 3.55. The average Bonchev–Trinajstić information content (AvgIpc) is 2.44. The van der Waals surface area contributed by atoms with Gasteiger partial charge in [0, 0.05) is 12.3 Å². The van der Waals surface area contributed by atoms with Crippen LogP contribution >= 0.6 is 0 Å². The van der Waals surface area contributed by atoms with Crippen LogP contribution in [0.1, 0.15) is 13.8 Å². The zero-order valence-corrected chi connectivity index (χ0v) is 13.2. The number of hydrogen-bond acceptors (Lipinski definition) is 6. The molecular weight excluding hydrogens is 320 g/mol. The molecule has 7 nitrogen and oxygen atoms in total. The van der Waals surface area contributed by atoms with Crippen LogP contribution in [0.25, 0.3) is 10.8 Å². The second-order valence-corrected chi connectivity index (χ2v) is 6.16. The molecule has 2 rings (SSSR count). The molecular formula is C15H14N2O5S. The molecule has 0 bridgehead atoms. The van der Waals surface area contributed by atoms with Gasteiger partial charge in [-0.1, -0.05) is 30.3 Å². The minimum absolute atomic E-state index is 0.133. The van der Waals surface area contributed by atoms with Gasteiger partial charge in [0.25, 0.3) is 10.1 Å². The van der Waals surface area contributed by atoms with Crippen LogP contribution in [0, 0.1) is 0 Å². The molecule has 0 saturated carbocycles. The van der Waals surface area contributed by atoms with Gasteiger partial charge in [-0.05, 0) is 18.4 Å². The lowest BCUT2D eigenvalue weighted by atomic mass is 10.1. The van der Waals surface area contributed by atoms with Gasteiger partial charge in [0.15, 0.2) is 11.5 Å². The quantitative estimate of drug-likeness (QED) is 0.384. The number of aliphatic hydroxyl groups excluding tert-OH is 1. The molecule has 0 heterocycles. The van der Waals surface area contributed by atoms with Gasteiger partial charge in [-0.15, -0.1) is 10.2 Å². The van der Waals surface area contributed by atoms with Crippen LogP contribution in [-0.2, 0) is 14.9 Å². The lowest BCUT2D eigenvalue weighted by Gasteiger charge is -2.06. The second kappa shape index (κ2) is 6.27. The first-order valence-corrected chi connectivity index (χ1v) is 7.97. The lowest BCUT2D eigenvalue weighted by Crippen LogP contribution is -2.00. The fourth-order valence-electron chi connectivity index (χ4n) is 2.08. The monoisotopic (exact) mass is 334 g/mol. The summed E-state index contributed by atoms with van der Waals surface area (Å²) in [7, 11) is -4.57. The number of fused-ring (bicyclic) bond motifs is 1. The normalized spacial score (nSPS) is 13.3. The Bertz CT molecular complexity index is 941. The number of carbonyl (C=O) groups excluding carboxylic acids is 1. The van der Waals surface area contributed by atoms with Gasteiger partial charge in [-0.2, -0.15) is 8.42 Å². The predicted molar refractivity (Wildman–Crippen MR) is 84.3 cm³/mol. The Morgan fingerprint density at radius 2 is 1.74 bits per heavy atom. The fourth-order valence-corrected chi connectivity index (χ4v) is 2.92. The zero-order valence-electron chi connectivity index (χ0n) is 12.4. The van der Waals surface area contributed by atoms with E-state index in [-0.39, 0.29) is 22.5 Å². The standard InChI is InChI=1S/C15H14N2O5S/c1-9(18)14(10(2)19)17-16-13-8-7-11-5-3-4-6-12(11)15(13)23(20,21)22/h3-8,18H,1-2H3,(H,20,21,22). The third kappa shape index (κ3) is 3.61. The van der Waals surface area contributed by atoms with Gasteiger partial charge < -0.3 is 5.11 Å². The molecule has 0 spiro atoms. The summed E-state index contributed by atoms with van der Waals surface area (Å²) in [5.41, 5.74) is -0.425. The molecule has 23 heavy (non-hydrogen) atoms. The Morgan fingerprint density at radius 3 is 2.30 bits per heavy atom. The summed E-state index contributed by atoms with van der Waals surface area (Å²) >= 11 is 0. The average molecular weight is 334 g/mol. The highest BCUT2D eigenvalue weighted by molar-refractivity contribution is 7.86. The molecule has 0 amide bonds. The SMILES string of the molecule is CC(=O)C(N=Nc1ccc2ccccc2c1S(=O)(=O)O)=C(C)O. The van der Waals surface area contributed by atoms with Crippen LogP contribution in [-0.4, -0.2) is 23.9 Å². The van der Waals surface area contributed by atoms with Crippen LogP contribution in [0.3, 0.4) is 0 Å². The molecule has 0 radical (unpaired) electrons. The van der Waals surface area contributed by atoms with Crippen molar-refractivity contribution in [1.29, 1.82) is 0 Å². The molecule has 2 aromatic carbocycles. The summed E-state index contributed by atoms with van der Waals surface area (Å²) in [6.07, 6.45) is 0. The van der Waals surface area contributed by atoms with Gasteiger partial charge >= 0.3 is 0 Å². The maximum absolute atomic E-state index is 11.7. The van der Waals surface area contributed by atoms with Crippen molar-refractivity contribution in [3.63, 3.8) is 0 Å². The van der Waals surface area contributed by atoms with Gasteiger partial charge in [0.1, 0.15) is 16.3 Å². The van der Waals surface area contributed by atoms with Gasteiger partial charge in [0.2, 0.25) is 0 Å². The van der Waals surface area contributed by atoms with Crippen LogP contribution in [0.15, 0.2) is 63.0 Å². The van der Waals surface area contributed by atoms with Crippen molar-refractivity contribution in [1.82, 2.24) is 0 Å². The molecule has 0 saturated heterocycles. The van der Waals surface area contributed by atoms with Gasteiger partial charge in [-0.25, -0.2) is 0 Å². The number of benzene rings is 2. The molecule has 0 aliphatic carbocycles. The third-order valence-electron chi connectivity index (χ3n) is 3.05. The van der Waals surface area contributed by atoms with Crippen LogP contribution in [0.2, 0.25) is 0 Å². The van der Waals surface area contributed by atoms with Crippen LogP contribution < -0.4 is 0 Å². The second-order valence-electron chi connectivity index (χ2n) is 4.80. The number of aliphatic hydroxyl groups is 1. The van der Waals surface area contributed by atoms with E-state index in [0.717, 1.165) is 0 Å². The molecule has 0 atom stereocenters. The van der Waals surface area contributed by atoms with E-state index in [1.165, 1.54) is 26.0 Å². The Labute approximate surface area is 132 Å². The number of ketones is 1. The zero-order chi connectivity index (χ0) is 17.2. The molecule has 2 aromatic rings. The minimum atomic E-state index is -4.57. The molecule has 120 valence electrons. The van der Waals surface area contributed by atoms with Crippen LogP contribution in [0.4, 0.5) is 5.69 Å². The Kier molecular flexibility index (Phi) is 4.57. The molecule has 8 heteroatoms. The van der Waals surface area contributed by atoms with Crippen molar-refractivity contribution in [2.75, 3.05) is 0 Å². The summed E-state index contributed by atoms with van der Waals surface area (Å²) < 4.78 is 32.9. The molecule has 0 aliphatic rings. The van der Waals surface area contributed by atoms with Crippen molar-refractivity contribution in [3.8, 4) is 0 Å². The smallest absolute Gasteiger partial charge is 0.297 e. The van der Waals surface area contributed by atoms with Crippen molar-refractivity contribution in [2.45, 2.75) is 18.7 Å². The van der Waals surface area contributed by atoms with E-state index < -0.39 is 20.8 Å². The maximum atomic E-state index is 11.7. The largest absolute Gasteiger partial charge is 0.510 e. The van der Waals surface area contributed by atoms with Crippen molar-refractivity contribution in [2.24, 2.45) is 10.2 Å². The number of allylic oxidation sites excluding steroid dienone is 2. The number of nitrogens with zero attached hydrogens (tertiary/aromatic N) is 2. The molecule has 2 N–H and O–H groups in total. The summed E-state index contributed by atoms with van der Waals surface area (Å²) in [5.74, 6) is -0.863. The number of rotatable bonds is 4. The molecule has 0 aromatic heterocycles. The Hall–Kier alpha value is -2.58. The van der Waals surface area contributed by atoms with E-state index in [2.05, 4.69) is 10.2 Å². The van der Waals surface area contributed by atoms with Gasteiger partial charge in [0.05, 0.1) is 0 Å². The van der Waals surface area contributed by atoms with Crippen molar-refractivity contribution in [3.05, 3.63) is 47.9 Å². The lowest BCUT2D eigenvalue weighted by molar-refractivity contribution is -0.113. The summed E-state index contributed by atoms with van der Waals surface area (Å²) in [5, 5.41) is 17.6. The number of carbonyl (C=O) groups is 1. The van der Waals surface area contributed by atoms with Crippen molar-refractivity contribution >= 4 is 32.4 Å². The minimum Gasteiger partial charge on any atom is -0.510 e. The topological polar surface area (TPSA) is 116 Å². The Balaban J connectivity index is 2.72. The summed E-state index contributed by atoms with van der Waals surface area (Å²) in [6.45, 7) is 2.46. The van der Waals surface area contributed by atoms with E-state index in [1.54, 1.807) is 24.3 Å². The van der Waals surface area contributed by atoms with Crippen LogP contribution in [0.5, 0.6) is 0 Å². The molecule has 0 unspecified atom stereocenters. The number of Topliss-reactive ketones (excluding diaryl/α,β-unsaturated/α-hetero) is 1. The van der Waals surface area contributed by atoms with Crippen molar-refractivity contribution < 1.29 is 22.9 Å². The van der Waals surface area contributed by atoms with E-state index in [9.17, 15) is 22.9 Å². The first-order valence-electron chi connectivity index (χ1n) is 6.53. The first-order chi connectivity index (χ1) is 10.7. The van der Waals surface area contributed by atoms with Gasteiger partial charge in [-0.3, -0.25) is 9.35 Å². The maximum Gasteiger partial charge on any atom is 0.297 e. The molecule has 0 fully saturated rings. The highest BCUT2D eigenvalue weighted by Gasteiger charge is 2.19. The Morgan fingerprint density at radius 1 is 1.09 bits per heavy atom. The first kappa shape index (κ1) is 16.8.